The van der Waals surface area contributed by atoms with Crippen molar-refractivity contribution in [1.82, 2.24) is 0 Å². The van der Waals surface area contributed by atoms with Crippen LogP contribution in [0, 0.1) is 0 Å². The minimum absolute atomic E-state index is 0.0458. The number of carboxylic acid groups (broad SMARTS) is 1. The molecule has 0 fully saturated rings. The summed E-state index contributed by atoms with van der Waals surface area (Å²) in [7, 11) is -17.4. The Labute approximate surface area is 387 Å². The Kier molecular flexibility index (Phi) is 19.6. The highest BCUT2D eigenvalue weighted by atomic mass is 32.2. The first-order valence-corrected chi connectivity index (χ1v) is 27.2. The SMILES string of the molecule is COCCOCCOCCOCCC1(C)C(=CC=CC2=[N+](CCCS(=O)(=O)O)c3ccc(S(=O)(=O)[O-])cc3C2(C)CCCS(=O)(=O)[O-])N(CCCCCC(=O)O)c2ccc(S(=O)(=O)[O-])cc21. The number of rotatable bonds is 30. The Morgan fingerprint density at radius 2 is 1.32 bits per heavy atom. The predicted molar refractivity (Wildman–Crippen MR) is 238 cm³/mol. The van der Waals surface area contributed by atoms with E-state index in [1.54, 1.807) is 36.8 Å². The molecule has 2 N–H and O–H groups in total. The summed E-state index contributed by atoms with van der Waals surface area (Å²) in [4.78, 5) is 12.2. The number of hydrogen-bond acceptors (Lipinski definition) is 17. The normalized spacial score (nSPS) is 19.6. The first kappa shape index (κ1) is 54.9. The molecule has 0 radical (unpaired) electrons. The van der Waals surface area contributed by atoms with Gasteiger partial charge in [0.15, 0.2) is 5.71 Å². The van der Waals surface area contributed by atoms with Crippen LogP contribution >= 0.6 is 0 Å². The number of unbranched alkanes of at least 4 members (excludes halogenated alkanes) is 2. The van der Waals surface area contributed by atoms with Gasteiger partial charge in [0, 0.05) is 73.4 Å². The molecule has 0 aliphatic carbocycles. The van der Waals surface area contributed by atoms with Crippen molar-refractivity contribution >= 4 is 63.5 Å². The minimum Gasteiger partial charge on any atom is -0.748 e. The number of carboxylic acids is 1. The van der Waals surface area contributed by atoms with Gasteiger partial charge in [0.05, 0.1) is 70.7 Å². The van der Waals surface area contributed by atoms with Crippen LogP contribution in [0.2, 0.25) is 0 Å². The molecule has 2 heterocycles. The number of fused-ring (bicyclic) bond motifs is 2. The van der Waals surface area contributed by atoms with E-state index in [9.17, 15) is 61.8 Å². The summed E-state index contributed by atoms with van der Waals surface area (Å²) >= 11 is 0. The summed E-state index contributed by atoms with van der Waals surface area (Å²) in [5.41, 5.74) is 0.454. The summed E-state index contributed by atoms with van der Waals surface area (Å²) in [6.07, 6.45) is 6.33. The van der Waals surface area contributed by atoms with Gasteiger partial charge < -0.3 is 42.6 Å². The molecule has 2 unspecified atom stereocenters. The van der Waals surface area contributed by atoms with Gasteiger partial charge in [-0.15, -0.1) is 0 Å². The zero-order valence-electron chi connectivity index (χ0n) is 37.1. The van der Waals surface area contributed by atoms with E-state index >= 15 is 0 Å². The zero-order valence-corrected chi connectivity index (χ0v) is 40.4. The van der Waals surface area contributed by atoms with Crippen LogP contribution in [0.25, 0.3) is 0 Å². The molecule has 2 atom stereocenters. The highest BCUT2D eigenvalue weighted by molar-refractivity contribution is 7.86. The van der Waals surface area contributed by atoms with Crippen LogP contribution in [0.1, 0.15) is 76.3 Å². The van der Waals surface area contributed by atoms with Gasteiger partial charge in [-0.25, -0.2) is 25.3 Å². The molecule has 20 nitrogen and oxygen atoms in total. The van der Waals surface area contributed by atoms with Gasteiger partial charge in [-0.3, -0.25) is 9.35 Å². The fourth-order valence-electron chi connectivity index (χ4n) is 8.30. The van der Waals surface area contributed by atoms with Crippen LogP contribution in [0.3, 0.4) is 0 Å². The Hall–Kier alpha value is -3.66. The number of ether oxygens (including phenoxy) is 4. The van der Waals surface area contributed by atoms with Crippen LogP contribution in [-0.2, 0) is 75.0 Å². The lowest BCUT2D eigenvalue weighted by Gasteiger charge is -2.30. The Morgan fingerprint density at radius 1 is 0.727 bits per heavy atom. The topological polar surface area (TPSA) is 306 Å². The van der Waals surface area contributed by atoms with Crippen molar-refractivity contribution in [2.24, 2.45) is 0 Å². The quantitative estimate of drug-likeness (QED) is 0.0643. The number of hydrogen-bond donors (Lipinski definition) is 2. The van der Waals surface area contributed by atoms with Gasteiger partial charge in [-0.1, -0.05) is 12.5 Å². The molecule has 24 heteroatoms. The van der Waals surface area contributed by atoms with Crippen LogP contribution < -0.4 is 4.90 Å². The molecule has 66 heavy (non-hydrogen) atoms. The van der Waals surface area contributed by atoms with Gasteiger partial charge in [0.1, 0.15) is 26.8 Å². The van der Waals surface area contributed by atoms with Gasteiger partial charge in [0.25, 0.3) is 10.1 Å². The molecule has 0 bridgehead atoms. The average Bonchev–Trinajstić information content (AvgIpc) is 3.57. The molecule has 2 aliphatic heterocycles. The van der Waals surface area contributed by atoms with E-state index in [0.29, 0.717) is 80.6 Å². The lowest BCUT2D eigenvalue weighted by atomic mass is 9.75. The molecular weight excluding hydrogens is 949 g/mol. The monoisotopic (exact) mass is 1010 g/mol. The maximum atomic E-state index is 12.4. The summed E-state index contributed by atoms with van der Waals surface area (Å²) in [5, 5.41) is 9.22. The standard InChI is InChI=1S/C42H60N2O18S4/c1-41(17-8-28-63(47,48)49)34-30-32(65(53,54)55)13-15-36(34)44(20-9-29-64(50,51)52)38(41)10-7-11-39-42(2,18-21-60-24-25-62-27-26-61-23-22-59-3)35-31-33(66(56,57)58)14-16-37(35)43(39)19-6-4-5-12-40(45)46/h7,10-11,13-16,30-31H,4-6,8-9,12,17-29H2,1-3H3,(H4-,45,46,47,48,49,50,51,52,53,54,55,56,57,58)/p-2. The molecule has 0 amide bonds. The lowest BCUT2D eigenvalue weighted by Crippen LogP contribution is -2.32. The molecule has 0 saturated carbocycles. The Morgan fingerprint density at radius 3 is 1.89 bits per heavy atom. The fraction of sp³-hybridized carbons (Fsp3) is 0.571. The number of methoxy groups -OCH3 is 1. The highest BCUT2D eigenvalue weighted by Crippen LogP contribution is 2.51. The number of benzene rings is 2. The molecule has 0 aromatic heterocycles. The molecule has 2 aliphatic rings. The smallest absolute Gasteiger partial charge is 0.303 e. The van der Waals surface area contributed by atoms with Gasteiger partial charge in [0.2, 0.25) is 5.69 Å². The van der Waals surface area contributed by atoms with Crippen molar-refractivity contribution < 1.29 is 85.3 Å². The Balaban J connectivity index is 1.83. The molecule has 2 aromatic carbocycles. The first-order valence-electron chi connectivity index (χ1n) is 21.2. The van der Waals surface area contributed by atoms with Gasteiger partial charge in [-0.05, 0) is 87.9 Å². The summed E-state index contributed by atoms with van der Waals surface area (Å²) in [5.74, 6) is -2.36. The number of allylic oxidation sites excluding steroid dienone is 4. The van der Waals surface area contributed by atoms with Crippen molar-refractivity contribution in [2.75, 3.05) is 82.9 Å². The van der Waals surface area contributed by atoms with Crippen LogP contribution in [0.5, 0.6) is 0 Å². The number of carbonyl (C=O) groups is 1. The summed E-state index contributed by atoms with van der Waals surface area (Å²) in [6, 6.07) is 7.70. The van der Waals surface area contributed by atoms with Crippen molar-refractivity contribution in [3.63, 3.8) is 0 Å². The molecule has 0 spiro atoms. The van der Waals surface area contributed by atoms with Crippen LogP contribution in [0.4, 0.5) is 11.4 Å². The molecule has 4 rings (SSSR count). The van der Waals surface area contributed by atoms with E-state index in [4.69, 9.17) is 18.9 Å². The second-order valence-corrected chi connectivity index (χ2v) is 22.2. The van der Waals surface area contributed by atoms with E-state index in [1.807, 2.05) is 11.8 Å². The lowest BCUT2D eigenvalue weighted by molar-refractivity contribution is -0.437. The molecule has 0 saturated heterocycles. The van der Waals surface area contributed by atoms with Gasteiger partial charge in [-0.2, -0.15) is 13.0 Å². The minimum atomic E-state index is -4.99. The second-order valence-electron chi connectivity index (χ2n) is 16.3. The van der Waals surface area contributed by atoms with E-state index < -0.39 is 78.6 Å². The average molecular weight is 1010 g/mol. The first-order chi connectivity index (χ1) is 30.8. The Bertz CT molecular complexity index is 2580. The predicted octanol–water partition coefficient (Wildman–Crippen LogP) is 3.40. The number of anilines is 1. The number of aliphatic carboxylic acids is 1. The van der Waals surface area contributed by atoms with Crippen molar-refractivity contribution in [1.29, 1.82) is 0 Å². The third-order valence-corrected chi connectivity index (χ3v) is 14.8. The van der Waals surface area contributed by atoms with Crippen LogP contribution in [0.15, 0.2) is 70.1 Å². The third kappa shape index (κ3) is 15.4. The zero-order chi connectivity index (χ0) is 49.0. The van der Waals surface area contributed by atoms with Gasteiger partial charge >= 0.3 is 5.97 Å². The van der Waals surface area contributed by atoms with E-state index in [2.05, 4.69) is 0 Å². The second kappa shape index (κ2) is 23.6. The van der Waals surface area contributed by atoms with Crippen molar-refractivity contribution in [2.45, 2.75) is 85.8 Å². The number of nitrogens with zero attached hydrogens (tertiary/aromatic N) is 2. The third-order valence-electron chi connectivity index (χ3n) is 11.6. The van der Waals surface area contributed by atoms with Crippen molar-refractivity contribution in [3.8, 4) is 0 Å². The van der Waals surface area contributed by atoms with Crippen molar-refractivity contribution in [3.05, 3.63) is 71.5 Å². The maximum Gasteiger partial charge on any atom is 0.303 e. The highest BCUT2D eigenvalue weighted by Gasteiger charge is 2.48. The van der Waals surface area contributed by atoms with E-state index in [1.165, 1.54) is 30.3 Å². The fourth-order valence-corrected chi connectivity index (χ4v) is 10.3. The molecular formula is C42H58N2O18S4-2. The van der Waals surface area contributed by atoms with E-state index in [0.717, 1.165) is 6.07 Å². The van der Waals surface area contributed by atoms with Crippen LogP contribution in [-0.4, -0.2) is 151 Å². The molecule has 370 valence electrons. The summed E-state index contributed by atoms with van der Waals surface area (Å²) < 4.78 is 166. The molecule has 2 aromatic rings. The summed E-state index contributed by atoms with van der Waals surface area (Å²) in [6.45, 7) is 5.94. The maximum absolute atomic E-state index is 12.4. The largest absolute Gasteiger partial charge is 0.748 e. The van der Waals surface area contributed by atoms with E-state index in [-0.39, 0.29) is 64.0 Å².